The molecule has 124 valence electrons. The van der Waals surface area contributed by atoms with Crippen LogP contribution in [-0.4, -0.2) is 25.0 Å². The van der Waals surface area contributed by atoms with Gasteiger partial charge in [-0.3, -0.25) is 4.79 Å². The smallest absolute Gasteiger partial charge is 0.417 e. The minimum absolute atomic E-state index is 0.0685. The fourth-order valence-electron chi connectivity index (χ4n) is 1.97. The van der Waals surface area contributed by atoms with Crippen molar-refractivity contribution in [1.82, 2.24) is 5.32 Å². The third-order valence-corrected chi connectivity index (χ3v) is 3.20. The molecule has 1 aromatic rings. The van der Waals surface area contributed by atoms with Crippen molar-refractivity contribution in [2.45, 2.75) is 25.6 Å². The fraction of sp³-hybridized carbons (Fsp3) is 0.400. The number of halogens is 3. The number of carbonyl (C=O) groups excluding carboxylic acids is 2. The van der Waals surface area contributed by atoms with Crippen LogP contribution in [0.5, 0.6) is 0 Å². The van der Waals surface area contributed by atoms with Crippen LogP contribution in [-0.2, 0) is 15.7 Å². The molecule has 0 spiro atoms. The van der Waals surface area contributed by atoms with E-state index in [9.17, 15) is 22.8 Å². The quantitative estimate of drug-likeness (QED) is 0.843. The minimum atomic E-state index is -4.70. The molecule has 0 aliphatic carbocycles. The number of methoxy groups -OCH3 is 1. The molecule has 0 saturated carbocycles. The Morgan fingerprint density at radius 2 is 1.96 bits per heavy atom. The van der Waals surface area contributed by atoms with Gasteiger partial charge in [0.15, 0.2) is 0 Å². The number of esters is 1. The van der Waals surface area contributed by atoms with Gasteiger partial charge in [0.05, 0.1) is 24.3 Å². The summed E-state index contributed by atoms with van der Waals surface area (Å²) < 4.78 is 43.3. The molecule has 0 fully saturated rings. The molecule has 0 saturated heterocycles. The number of alkyl halides is 3. The summed E-state index contributed by atoms with van der Waals surface area (Å²) in [6.07, 6.45) is -4.77. The van der Waals surface area contributed by atoms with Gasteiger partial charge in [0.1, 0.15) is 6.04 Å². The Labute approximate surface area is 131 Å². The summed E-state index contributed by atoms with van der Waals surface area (Å²) in [4.78, 5) is 23.9. The lowest BCUT2D eigenvalue weighted by atomic mass is 9.98. The highest BCUT2D eigenvalue weighted by Crippen LogP contribution is 2.31. The van der Waals surface area contributed by atoms with Crippen molar-refractivity contribution in [2.24, 2.45) is 5.92 Å². The molecule has 1 N–H and O–H groups in total. The van der Waals surface area contributed by atoms with Crippen LogP contribution in [0.3, 0.4) is 0 Å². The van der Waals surface area contributed by atoms with Gasteiger partial charge < -0.3 is 10.1 Å². The lowest BCUT2D eigenvalue weighted by molar-refractivity contribution is -0.144. The lowest BCUT2D eigenvalue weighted by Crippen LogP contribution is -2.46. The molecule has 0 unspecified atom stereocenters. The monoisotopic (exact) mass is 328 g/mol. The topological polar surface area (TPSA) is 79.2 Å². The largest absolute Gasteiger partial charge is 0.467 e. The molecule has 23 heavy (non-hydrogen) atoms. The van der Waals surface area contributed by atoms with Crippen molar-refractivity contribution in [3.63, 3.8) is 0 Å². The molecule has 1 amide bonds. The van der Waals surface area contributed by atoms with Crippen LogP contribution in [0.4, 0.5) is 13.2 Å². The highest BCUT2D eigenvalue weighted by molar-refractivity contribution is 5.98. The number of carbonyl (C=O) groups is 2. The van der Waals surface area contributed by atoms with Crippen molar-refractivity contribution in [1.29, 1.82) is 5.26 Å². The van der Waals surface area contributed by atoms with Crippen molar-refractivity contribution < 1.29 is 27.5 Å². The first kappa shape index (κ1) is 18.5. The predicted octanol–water partition coefficient (Wildman–Crippen LogP) is 2.53. The van der Waals surface area contributed by atoms with E-state index in [1.165, 1.54) is 13.0 Å². The maximum absolute atomic E-state index is 12.9. The van der Waals surface area contributed by atoms with Gasteiger partial charge in [0.2, 0.25) is 0 Å². The van der Waals surface area contributed by atoms with E-state index in [0.29, 0.717) is 0 Å². The molecule has 0 aromatic heterocycles. The van der Waals surface area contributed by atoms with E-state index in [1.54, 1.807) is 0 Å². The summed E-state index contributed by atoms with van der Waals surface area (Å²) in [6, 6.07) is 4.87. The molecular formula is C15H15F3N2O3. The standard InChI is InChI=1S/C15H15F3N2O3/c1-9(7-8-19)12(14(22)23-2)20-13(21)10-5-3-4-6-11(10)15(16,17)18/h3-6,9,12H,7H2,1-2H3,(H,20,21)/t9-,12+/m0/s1. The van der Waals surface area contributed by atoms with Gasteiger partial charge >= 0.3 is 12.1 Å². The normalized spacial score (nSPS) is 13.6. The molecule has 0 heterocycles. The molecule has 2 atom stereocenters. The molecule has 0 radical (unpaired) electrons. The first-order valence-electron chi connectivity index (χ1n) is 6.64. The van der Waals surface area contributed by atoms with Crippen LogP contribution in [0.15, 0.2) is 24.3 Å². The molecule has 0 aliphatic rings. The third-order valence-electron chi connectivity index (χ3n) is 3.20. The predicted molar refractivity (Wildman–Crippen MR) is 74.1 cm³/mol. The number of hydrogen-bond acceptors (Lipinski definition) is 4. The number of amides is 1. The van der Waals surface area contributed by atoms with Gasteiger partial charge in [-0.15, -0.1) is 0 Å². The summed E-state index contributed by atoms with van der Waals surface area (Å²) in [6.45, 7) is 1.51. The molecule has 8 heteroatoms. The highest BCUT2D eigenvalue weighted by Gasteiger charge is 2.36. The molecular weight excluding hydrogens is 313 g/mol. The van der Waals surface area contributed by atoms with E-state index in [0.717, 1.165) is 25.3 Å². The summed E-state index contributed by atoms with van der Waals surface area (Å²) in [5, 5.41) is 10.9. The Balaban J connectivity index is 3.10. The Morgan fingerprint density at radius 3 is 2.48 bits per heavy atom. The van der Waals surface area contributed by atoms with E-state index in [4.69, 9.17) is 5.26 Å². The summed E-state index contributed by atoms with van der Waals surface area (Å²) in [5.74, 6) is -2.50. The van der Waals surface area contributed by atoms with E-state index in [2.05, 4.69) is 10.1 Å². The first-order chi connectivity index (χ1) is 10.7. The Kier molecular flexibility index (Phi) is 6.13. The Hall–Kier alpha value is -2.56. The van der Waals surface area contributed by atoms with Crippen LogP contribution in [0.25, 0.3) is 0 Å². The highest BCUT2D eigenvalue weighted by atomic mass is 19.4. The van der Waals surface area contributed by atoms with E-state index in [1.807, 2.05) is 6.07 Å². The zero-order chi connectivity index (χ0) is 17.6. The minimum Gasteiger partial charge on any atom is -0.467 e. The summed E-state index contributed by atoms with van der Waals surface area (Å²) in [5.41, 5.74) is -1.70. The Bertz CT molecular complexity index is 623. The molecule has 1 rings (SSSR count). The number of nitrogens with zero attached hydrogens (tertiary/aromatic N) is 1. The second kappa shape index (κ2) is 7.63. The molecule has 0 bridgehead atoms. The Morgan fingerprint density at radius 1 is 1.35 bits per heavy atom. The molecule has 0 aliphatic heterocycles. The number of rotatable bonds is 5. The third kappa shape index (κ3) is 4.71. The number of nitrogens with one attached hydrogen (secondary N) is 1. The van der Waals surface area contributed by atoms with Gasteiger partial charge in [-0.1, -0.05) is 19.1 Å². The number of hydrogen-bond donors (Lipinski definition) is 1. The lowest BCUT2D eigenvalue weighted by Gasteiger charge is -2.22. The van der Waals surface area contributed by atoms with Crippen LogP contribution in [0, 0.1) is 17.2 Å². The molecule has 1 aromatic carbocycles. The second-order valence-electron chi connectivity index (χ2n) is 4.86. The second-order valence-corrected chi connectivity index (χ2v) is 4.86. The van der Waals surface area contributed by atoms with Gasteiger partial charge in [-0.25, -0.2) is 4.79 Å². The van der Waals surface area contributed by atoms with Crippen LogP contribution in [0.2, 0.25) is 0 Å². The van der Waals surface area contributed by atoms with Gasteiger partial charge in [-0.2, -0.15) is 18.4 Å². The van der Waals surface area contributed by atoms with Crippen LogP contribution in [0.1, 0.15) is 29.3 Å². The average molecular weight is 328 g/mol. The average Bonchev–Trinajstić information content (AvgIpc) is 2.51. The van der Waals surface area contributed by atoms with Crippen molar-refractivity contribution >= 4 is 11.9 Å². The summed E-state index contributed by atoms with van der Waals surface area (Å²) in [7, 11) is 1.09. The number of benzene rings is 1. The zero-order valence-corrected chi connectivity index (χ0v) is 12.5. The SMILES string of the molecule is COC(=O)[C@H](NC(=O)c1ccccc1C(F)(F)F)[C@@H](C)CC#N. The van der Waals surface area contributed by atoms with Crippen molar-refractivity contribution in [2.75, 3.05) is 7.11 Å². The fourth-order valence-corrected chi connectivity index (χ4v) is 1.97. The van der Waals surface area contributed by atoms with Crippen LogP contribution < -0.4 is 5.32 Å². The first-order valence-corrected chi connectivity index (χ1v) is 6.64. The van der Waals surface area contributed by atoms with Gasteiger partial charge in [0, 0.05) is 12.3 Å². The summed E-state index contributed by atoms with van der Waals surface area (Å²) >= 11 is 0. The van der Waals surface area contributed by atoms with E-state index >= 15 is 0 Å². The van der Waals surface area contributed by atoms with E-state index < -0.39 is 41.1 Å². The number of ether oxygens (including phenoxy) is 1. The van der Waals surface area contributed by atoms with Gasteiger partial charge in [-0.05, 0) is 12.1 Å². The van der Waals surface area contributed by atoms with Crippen molar-refractivity contribution in [3.8, 4) is 6.07 Å². The number of nitriles is 1. The van der Waals surface area contributed by atoms with Gasteiger partial charge in [0.25, 0.3) is 5.91 Å². The molecule has 5 nitrogen and oxygen atoms in total. The van der Waals surface area contributed by atoms with Crippen molar-refractivity contribution in [3.05, 3.63) is 35.4 Å². The van der Waals surface area contributed by atoms with E-state index in [-0.39, 0.29) is 6.42 Å². The zero-order valence-electron chi connectivity index (χ0n) is 12.5. The van der Waals surface area contributed by atoms with Crippen LogP contribution >= 0.6 is 0 Å². The maximum Gasteiger partial charge on any atom is 0.417 e. The maximum atomic E-state index is 12.9.